The minimum atomic E-state index is -0.727. The Hall–Kier alpha value is -1.59. The first kappa shape index (κ1) is 12.9. The molecule has 1 aromatic rings. The van der Waals surface area contributed by atoms with Crippen molar-refractivity contribution in [2.45, 2.75) is 12.5 Å². The molecule has 1 aromatic carbocycles. The Morgan fingerprint density at radius 1 is 1.50 bits per heavy atom. The molecule has 2 rings (SSSR count). The van der Waals surface area contributed by atoms with E-state index in [9.17, 15) is 4.79 Å². The van der Waals surface area contributed by atoms with Crippen molar-refractivity contribution in [1.82, 2.24) is 4.90 Å². The normalized spacial score (nSPS) is 21.9. The minimum absolute atomic E-state index is 0.00977. The fourth-order valence-electron chi connectivity index (χ4n) is 2.56. The van der Waals surface area contributed by atoms with E-state index in [-0.39, 0.29) is 12.0 Å². The fourth-order valence-corrected chi connectivity index (χ4v) is 2.56. The van der Waals surface area contributed by atoms with Crippen LogP contribution in [0.2, 0.25) is 0 Å². The molecule has 5 heteroatoms. The predicted molar refractivity (Wildman–Crippen MR) is 70.0 cm³/mol. The fraction of sp³-hybridized carbons (Fsp3) is 0.462. The summed E-state index contributed by atoms with van der Waals surface area (Å²) in [6.45, 7) is 1.75. The standard InChI is InChI=1S/C13H19N3O2/c14-7-12(10-3-1-2-4-11(10)15)16-6-5-9(8-16)13(17)18/h1-4,9,12H,5-8,14-15H2,(H,17,18)/t9-,12-/m0/s1. The maximum atomic E-state index is 11.0. The largest absolute Gasteiger partial charge is 0.481 e. The lowest BCUT2D eigenvalue weighted by atomic mass is 10.0. The number of hydrogen-bond donors (Lipinski definition) is 3. The lowest BCUT2D eigenvalue weighted by Crippen LogP contribution is -2.33. The van der Waals surface area contributed by atoms with Crippen LogP contribution in [0.4, 0.5) is 5.69 Å². The Morgan fingerprint density at radius 2 is 2.22 bits per heavy atom. The van der Waals surface area contributed by atoms with Crippen molar-refractivity contribution >= 4 is 11.7 Å². The Kier molecular flexibility index (Phi) is 3.84. The maximum Gasteiger partial charge on any atom is 0.307 e. The first-order valence-corrected chi connectivity index (χ1v) is 6.14. The van der Waals surface area contributed by atoms with Crippen LogP contribution in [-0.2, 0) is 4.79 Å². The van der Waals surface area contributed by atoms with Crippen molar-refractivity contribution in [3.63, 3.8) is 0 Å². The number of nitrogens with zero attached hydrogens (tertiary/aromatic N) is 1. The molecular formula is C13H19N3O2. The lowest BCUT2D eigenvalue weighted by Gasteiger charge is -2.27. The zero-order valence-corrected chi connectivity index (χ0v) is 10.2. The van der Waals surface area contributed by atoms with Crippen LogP contribution in [0.25, 0.3) is 0 Å². The molecule has 0 radical (unpaired) electrons. The van der Waals surface area contributed by atoms with E-state index in [0.717, 1.165) is 12.1 Å². The minimum Gasteiger partial charge on any atom is -0.481 e. The number of benzene rings is 1. The second kappa shape index (κ2) is 5.37. The number of para-hydroxylation sites is 1. The van der Waals surface area contributed by atoms with Gasteiger partial charge in [-0.05, 0) is 24.6 Å². The third-order valence-electron chi connectivity index (χ3n) is 3.59. The smallest absolute Gasteiger partial charge is 0.307 e. The van der Waals surface area contributed by atoms with Crippen LogP contribution in [0.15, 0.2) is 24.3 Å². The van der Waals surface area contributed by atoms with Gasteiger partial charge in [-0.3, -0.25) is 9.69 Å². The van der Waals surface area contributed by atoms with E-state index in [1.54, 1.807) is 0 Å². The number of carboxylic acid groups (broad SMARTS) is 1. The van der Waals surface area contributed by atoms with E-state index in [0.29, 0.717) is 25.2 Å². The maximum absolute atomic E-state index is 11.0. The summed E-state index contributed by atoms with van der Waals surface area (Å²) in [6.07, 6.45) is 0.679. The van der Waals surface area contributed by atoms with Gasteiger partial charge in [0.2, 0.25) is 0 Å². The van der Waals surface area contributed by atoms with Crippen molar-refractivity contribution < 1.29 is 9.90 Å². The summed E-state index contributed by atoms with van der Waals surface area (Å²) in [7, 11) is 0. The van der Waals surface area contributed by atoms with E-state index in [1.807, 2.05) is 24.3 Å². The van der Waals surface area contributed by atoms with Crippen LogP contribution < -0.4 is 11.5 Å². The molecule has 0 bridgehead atoms. The van der Waals surface area contributed by atoms with Gasteiger partial charge in [-0.15, -0.1) is 0 Å². The van der Waals surface area contributed by atoms with E-state index in [1.165, 1.54) is 0 Å². The molecule has 0 aliphatic carbocycles. The van der Waals surface area contributed by atoms with Gasteiger partial charge in [0, 0.05) is 24.8 Å². The summed E-state index contributed by atoms with van der Waals surface area (Å²) in [6, 6.07) is 7.63. The molecule has 1 saturated heterocycles. The van der Waals surface area contributed by atoms with E-state index in [4.69, 9.17) is 16.6 Å². The van der Waals surface area contributed by atoms with Crippen molar-refractivity contribution in [3.05, 3.63) is 29.8 Å². The van der Waals surface area contributed by atoms with Crippen LogP contribution >= 0.6 is 0 Å². The average Bonchev–Trinajstić information content (AvgIpc) is 2.82. The van der Waals surface area contributed by atoms with E-state index < -0.39 is 5.97 Å². The average molecular weight is 249 g/mol. The SMILES string of the molecule is NC[C@@H](c1ccccc1N)N1CC[C@H](C(=O)O)C1. The van der Waals surface area contributed by atoms with Gasteiger partial charge in [0.05, 0.1) is 5.92 Å². The molecule has 0 unspecified atom stereocenters. The number of aliphatic carboxylic acids is 1. The molecular weight excluding hydrogens is 230 g/mol. The Labute approximate surface area is 106 Å². The summed E-state index contributed by atoms with van der Waals surface area (Å²) in [5.74, 6) is -1.02. The van der Waals surface area contributed by atoms with Gasteiger partial charge in [0.15, 0.2) is 0 Å². The van der Waals surface area contributed by atoms with Crippen molar-refractivity contribution in [2.24, 2.45) is 11.7 Å². The Bertz CT molecular complexity index is 436. The number of nitrogens with two attached hydrogens (primary N) is 2. The van der Waals surface area contributed by atoms with Crippen molar-refractivity contribution in [3.8, 4) is 0 Å². The predicted octanol–water partition coefficient (Wildman–Crippen LogP) is 0.675. The van der Waals surface area contributed by atoms with Crippen LogP contribution in [0.5, 0.6) is 0 Å². The van der Waals surface area contributed by atoms with Gasteiger partial charge < -0.3 is 16.6 Å². The molecule has 0 amide bonds. The van der Waals surface area contributed by atoms with Crippen molar-refractivity contribution in [1.29, 1.82) is 0 Å². The second-order valence-corrected chi connectivity index (χ2v) is 4.70. The molecule has 18 heavy (non-hydrogen) atoms. The van der Waals surface area contributed by atoms with Gasteiger partial charge in [-0.1, -0.05) is 18.2 Å². The first-order valence-electron chi connectivity index (χ1n) is 6.14. The second-order valence-electron chi connectivity index (χ2n) is 4.70. The summed E-state index contributed by atoms with van der Waals surface area (Å²) in [5, 5.41) is 9.03. The van der Waals surface area contributed by atoms with Crippen LogP contribution in [-0.4, -0.2) is 35.6 Å². The van der Waals surface area contributed by atoms with Crippen LogP contribution in [0, 0.1) is 5.92 Å². The highest BCUT2D eigenvalue weighted by atomic mass is 16.4. The highest BCUT2D eigenvalue weighted by Crippen LogP contribution is 2.30. The number of carboxylic acids is 1. The summed E-state index contributed by atoms with van der Waals surface area (Å²) in [4.78, 5) is 13.1. The highest BCUT2D eigenvalue weighted by Gasteiger charge is 2.32. The number of rotatable bonds is 4. The zero-order chi connectivity index (χ0) is 13.1. The molecule has 0 spiro atoms. The number of likely N-dealkylation sites (tertiary alicyclic amines) is 1. The topological polar surface area (TPSA) is 92.6 Å². The Balaban J connectivity index is 2.16. The van der Waals surface area contributed by atoms with Gasteiger partial charge in [-0.2, -0.15) is 0 Å². The quantitative estimate of drug-likeness (QED) is 0.682. The summed E-state index contributed by atoms with van der Waals surface area (Å²) < 4.78 is 0. The number of carbonyl (C=O) groups is 1. The lowest BCUT2D eigenvalue weighted by molar-refractivity contribution is -0.141. The molecule has 2 atom stereocenters. The monoisotopic (exact) mass is 249 g/mol. The molecule has 98 valence electrons. The molecule has 5 nitrogen and oxygen atoms in total. The molecule has 1 aliphatic heterocycles. The molecule has 0 aromatic heterocycles. The Morgan fingerprint density at radius 3 is 2.78 bits per heavy atom. The number of anilines is 1. The summed E-state index contributed by atoms with van der Waals surface area (Å²) >= 11 is 0. The molecule has 0 saturated carbocycles. The van der Waals surface area contributed by atoms with E-state index >= 15 is 0 Å². The number of nitrogen functional groups attached to an aromatic ring is 1. The van der Waals surface area contributed by atoms with Crippen molar-refractivity contribution in [2.75, 3.05) is 25.4 Å². The van der Waals surface area contributed by atoms with Gasteiger partial charge in [-0.25, -0.2) is 0 Å². The third kappa shape index (κ3) is 2.47. The van der Waals surface area contributed by atoms with Gasteiger partial charge in [0.25, 0.3) is 0 Å². The molecule has 5 N–H and O–H groups in total. The van der Waals surface area contributed by atoms with Crippen LogP contribution in [0.1, 0.15) is 18.0 Å². The summed E-state index contributed by atoms with van der Waals surface area (Å²) in [5.41, 5.74) is 13.5. The number of hydrogen-bond acceptors (Lipinski definition) is 4. The van der Waals surface area contributed by atoms with E-state index in [2.05, 4.69) is 4.90 Å². The van der Waals surface area contributed by atoms with Gasteiger partial charge in [0.1, 0.15) is 0 Å². The highest BCUT2D eigenvalue weighted by molar-refractivity contribution is 5.70. The third-order valence-corrected chi connectivity index (χ3v) is 3.59. The molecule has 1 heterocycles. The zero-order valence-electron chi connectivity index (χ0n) is 10.2. The molecule has 1 fully saturated rings. The molecule has 1 aliphatic rings. The van der Waals surface area contributed by atoms with Crippen LogP contribution in [0.3, 0.4) is 0 Å². The first-order chi connectivity index (χ1) is 8.63. The van der Waals surface area contributed by atoms with Gasteiger partial charge >= 0.3 is 5.97 Å².